The minimum atomic E-state index is -0.567. The molecule has 1 saturated carbocycles. The Kier molecular flexibility index (Phi) is 4.76. The van der Waals surface area contributed by atoms with Crippen LogP contribution < -0.4 is 0 Å². The van der Waals surface area contributed by atoms with Crippen LogP contribution in [0.25, 0.3) is 0 Å². The van der Waals surface area contributed by atoms with Gasteiger partial charge in [-0.2, -0.15) is 0 Å². The normalized spacial score (nSPS) is 16.5. The summed E-state index contributed by atoms with van der Waals surface area (Å²) in [6.07, 6.45) is 6.84. The summed E-state index contributed by atoms with van der Waals surface area (Å²) >= 11 is 0. The zero-order chi connectivity index (χ0) is 15.5. The number of nitrogens with zero attached hydrogens (tertiary/aromatic N) is 1. The Morgan fingerprint density at radius 1 is 1.19 bits per heavy atom. The van der Waals surface area contributed by atoms with Gasteiger partial charge in [-0.3, -0.25) is 4.79 Å². The second-order valence-corrected chi connectivity index (χ2v) is 6.63. The maximum Gasteiger partial charge on any atom is 0.357 e. The van der Waals surface area contributed by atoms with Gasteiger partial charge in [0.2, 0.25) is 0 Å². The molecule has 1 fully saturated rings. The highest BCUT2D eigenvalue weighted by atomic mass is 16.6. The van der Waals surface area contributed by atoms with Crippen LogP contribution in [0.3, 0.4) is 0 Å². The van der Waals surface area contributed by atoms with E-state index < -0.39 is 11.6 Å². The van der Waals surface area contributed by atoms with Gasteiger partial charge in [0.25, 0.3) is 0 Å². The van der Waals surface area contributed by atoms with Crippen LogP contribution in [0.15, 0.2) is 18.3 Å². The molecule has 1 aliphatic carbocycles. The number of esters is 1. The maximum atomic E-state index is 12.5. The largest absolute Gasteiger partial charge is 0.455 e. The molecule has 4 heteroatoms. The molecule has 0 aliphatic heterocycles. The Hall–Kier alpha value is -1.71. The number of carbonyl (C=O) groups excluding carboxylic acids is 2. The van der Waals surface area contributed by atoms with E-state index in [0.717, 1.165) is 25.7 Å². The van der Waals surface area contributed by atoms with Gasteiger partial charge in [-0.15, -0.1) is 0 Å². The molecular weight excluding hydrogens is 266 g/mol. The van der Waals surface area contributed by atoms with Crippen molar-refractivity contribution in [1.29, 1.82) is 0 Å². The van der Waals surface area contributed by atoms with E-state index in [2.05, 4.69) is 4.98 Å². The highest BCUT2D eigenvalue weighted by Gasteiger charge is 2.24. The van der Waals surface area contributed by atoms with Crippen molar-refractivity contribution in [2.45, 2.75) is 58.5 Å². The average molecular weight is 289 g/mol. The second-order valence-electron chi connectivity index (χ2n) is 6.63. The van der Waals surface area contributed by atoms with Crippen molar-refractivity contribution in [3.05, 3.63) is 29.6 Å². The third-order valence-electron chi connectivity index (χ3n) is 3.63. The van der Waals surface area contributed by atoms with Gasteiger partial charge >= 0.3 is 5.97 Å². The lowest BCUT2D eigenvalue weighted by Gasteiger charge is -2.21. The molecule has 1 heterocycles. The molecule has 0 atom stereocenters. The van der Waals surface area contributed by atoms with Crippen molar-refractivity contribution in [2.75, 3.05) is 0 Å². The van der Waals surface area contributed by atoms with Crippen LogP contribution in [-0.2, 0) is 4.74 Å². The number of Topliss-reactive ketones (excluding diaryl/α,β-unsaturated/α-hetero) is 1. The number of pyridine rings is 1. The standard InChI is InChI=1S/C17H23NO3/c1-17(2,3)21-16(20)14-11-13(9-10-18-14)15(19)12-7-5-4-6-8-12/h9-12H,4-8H2,1-3H3. The molecule has 1 aromatic heterocycles. The van der Waals surface area contributed by atoms with E-state index in [9.17, 15) is 9.59 Å². The number of hydrogen-bond donors (Lipinski definition) is 0. The lowest BCUT2D eigenvalue weighted by atomic mass is 9.84. The zero-order valence-electron chi connectivity index (χ0n) is 13.0. The van der Waals surface area contributed by atoms with E-state index in [1.165, 1.54) is 12.6 Å². The molecule has 0 amide bonds. The third-order valence-corrected chi connectivity index (χ3v) is 3.63. The molecule has 21 heavy (non-hydrogen) atoms. The topological polar surface area (TPSA) is 56.3 Å². The van der Waals surface area contributed by atoms with Crippen molar-refractivity contribution in [3.63, 3.8) is 0 Å². The van der Waals surface area contributed by atoms with Gasteiger partial charge in [-0.05, 0) is 45.7 Å². The Morgan fingerprint density at radius 3 is 2.48 bits per heavy atom. The maximum absolute atomic E-state index is 12.5. The highest BCUT2D eigenvalue weighted by Crippen LogP contribution is 2.27. The number of ether oxygens (including phenoxy) is 1. The lowest BCUT2D eigenvalue weighted by molar-refractivity contribution is 0.00628. The number of ketones is 1. The predicted octanol–water partition coefficient (Wildman–Crippen LogP) is 3.80. The van der Waals surface area contributed by atoms with E-state index in [1.54, 1.807) is 12.1 Å². The third kappa shape index (κ3) is 4.38. The summed E-state index contributed by atoms with van der Waals surface area (Å²) in [6, 6.07) is 3.25. The minimum absolute atomic E-state index is 0.0904. The molecule has 0 saturated heterocycles. The number of hydrogen-bond acceptors (Lipinski definition) is 4. The molecule has 1 aliphatic rings. The van der Waals surface area contributed by atoms with E-state index in [-0.39, 0.29) is 17.4 Å². The predicted molar refractivity (Wildman–Crippen MR) is 80.3 cm³/mol. The van der Waals surface area contributed by atoms with Crippen LogP contribution in [0.5, 0.6) is 0 Å². The lowest BCUT2D eigenvalue weighted by Crippen LogP contribution is -2.25. The van der Waals surface area contributed by atoms with Gasteiger partial charge in [-0.25, -0.2) is 9.78 Å². The van der Waals surface area contributed by atoms with Crippen molar-refractivity contribution in [3.8, 4) is 0 Å². The molecular formula is C17H23NO3. The van der Waals surface area contributed by atoms with Crippen LogP contribution >= 0.6 is 0 Å². The first-order chi connectivity index (χ1) is 9.87. The van der Waals surface area contributed by atoms with Crippen LogP contribution in [0.1, 0.15) is 73.7 Å². The van der Waals surface area contributed by atoms with Crippen molar-refractivity contribution < 1.29 is 14.3 Å². The fourth-order valence-electron chi connectivity index (χ4n) is 2.63. The second kappa shape index (κ2) is 6.37. The summed E-state index contributed by atoms with van der Waals surface area (Å²) in [5, 5.41) is 0. The van der Waals surface area contributed by atoms with Crippen molar-refractivity contribution >= 4 is 11.8 Å². The molecule has 0 radical (unpaired) electrons. The molecule has 0 N–H and O–H groups in total. The van der Waals surface area contributed by atoms with Gasteiger partial charge in [0.1, 0.15) is 11.3 Å². The Labute approximate surface area is 125 Å². The molecule has 0 unspecified atom stereocenters. The summed E-state index contributed by atoms with van der Waals surface area (Å²) in [5.41, 5.74) is 0.201. The van der Waals surface area contributed by atoms with Crippen LogP contribution in [0, 0.1) is 5.92 Å². The van der Waals surface area contributed by atoms with E-state index in [1.807, 2.05) is 20.8 Å². The number of rotatable bonds is 3. The molecule has 0 spiro atoms. The summed E-state index contributed by atoms with van der Waals surface area (Å²) in [4.78, 5) is 28.5. The fourth-order valence-corrected chi connectivity index (χ4v) is 2.63. The first kappa shape index (κ1) is 15.7. The summed E-state index contributed by atoms with van der Waals surface area (Å²) < 4.78 is 5.29. The average Bonchev–Trinajstić information content (AvgIpc) is 2.46. The highest BCUT2D eigenvalue weighted by molar-refractivity contribution is 5.99. The first-order valence-corrected chi connectivity index (χ1v) is 7.60. The molecule has 4 nitrogen and oxygen atoms in total. The quantitative estimate of drug-likeness (QED) is 0.627. The van der Waals surface area contributed by atoms with Gasteiger partial charge in [0.15, 0.2) is 5.78 Å². The Balaban J connectivity index is 2.13. The van der Waals surface area contributed by atoms with Crippen molar-refractivity contribution in [2.24, 2.45) is 5.92 Å². The van der Waals surface area contributed by atoms with Gasteiger partial charge < -0.3 is 4.74 Å². The molecule has 2 rings (SSSR count). The Bertz CT molecular complexity index is 525. The fraction of sp³-hybridized carbons (Fsp3) is 0.588. The monoisotopic (exact) mass is 289 g/mol. The van der Waals surface area contributed by atoms with Gasteiger partial charge in [0, 0.05) is 17.7 Å². The molecule has 0 bridgehead atoms. The zero-order valence-corrected chi connectivity index (χ0v) is 13.0. The van der Waals surface area contributed by atoms with Gasteiger partial charge in [0.05, 0.1) is 0 Å². The molecule has 114 valence electrons. The van der Waals surface area contributed by atoms with Crippen LogP contribution in [0.2, 0.25) is 0 Å². The first-order valence-electron chi connectivity index (χ1n) is 7.60. The van der Waals surface area contributed by atoms with E-state index >= 15 is 0 Å². The van der Waals surface area contributed by atoms with Crippen molar-refractivity contribution in [1.82, 2.24) is 4.98 Å². The number of carbonyl (C=O) groups is 2. The van der Waals surface area contributed by atoms with Crippen LogP contribution in [0.4, 0.5) is 0 Å². The Morgan fingerprint density at radius 2 is 1.86 bits per heavy atom. The van der Waals surface area contributed by atoms with Gasteiger partial charge in [-0.1, -0.05) is 19.3 Å². The van der Waals surface area contributed by atoms with E-state index in [0.29, 0.717) is 5.56 Å². The van der Waals surface area contributed by atoms with Crippen LogP contribution in [-0.4, -0.2) is 22.3 Å². The summed E-state index contributed by atoms with van der Waals surface area (Å²) in [6.45, 7) is 5.42. The minimum Gasteiger partial charge on any atom is -0.455 e. The summed E-state index contributed by atoms with van der Waals surface area (Å²) in [5.74, 6) is -0.268. The number of aromatic nitrogens is 1. The molecule has 1 aromatic rings. The SMILES string of the molecule is CC(C)(C)OC(=O)c1cc(C(=O)C2CCCCC2)ccn1. The summed E-state index contributed by atoms with van der Waals surface area (Å²) in [7, 11) is 0. The van der Waals surface area contributed by atoms with E-state index in [4.69, 9.17) is 4.74 Å². The smallest absolute Gasteiger partial charge is 0.357 e. The molecule has 0 aromatic carbocycles.